The Morgan fingerprint density at radius 3 is 2.64 bits per heavy atom. The van der Waals surface area contributed by atoms with Crippen molar-refractivity contribution < 1.29 is 4.42 Å². The van der Waals surface area contributed by atoms with Crippen LogP contribution in [0.3, 0.4) is 0 Å². The Balaban J connectivity index is 1.75. The highest BCUT2D eigenvalue weighted by molar-refractivity contribution is 7.15. The summed E-state index contributed by atoms with van der Waals surface area (Å²) in [7, 11) is 0. The first-order valence-electron chi connectivity index (χ1n) is 7.43. The lowest BCUT2D eigenvalue weighted by Crippen LogP contribution is -2.17. The zero-order valence-corrected chi connectivity index (χ0v) is 13.9. The molecule has 1 unspecified atom stereocenters. The molecule has 2 heterocycles. The Bertz CT molecular complexity index is 729. The van der Waals surface area contributed by atoms with Gasteiger partial charge >= 0.3 is 0 Å². The third kappa shape index (κ3) is 3.29. The van der Waals surface area contributed by atoms with Gasteiger partial charge in [0.2, 0.25) is 0 Å². The first-order valence-corrected chi connectivity index (χ1v) is 8.25. The molecule has 1 atom stereocenters. The predicted molar refractivity (Wildman–Crippen MR) is 91.0 cm³/mol. The fourth-order valence-corrected chi connectivity index (χ4v) is 3.49. The minimum absolute atomic E-state index is 0.252. The minimum Gasteiger partial charge on any atom is -0.468 e. The second-order valence-electron chi connectivity index (χ2n) is 5.52. The summed E-state index contributed by atoms with van der Waals surface area (Å²) in [6, 6.07) is 12.7. The van der Waals surface area contributed by atoms with Crippen LogP contribution in [-0.4, -0.2) is 4.98 Å². The summed E-state index contributed by atoms with van der Waals surface area (Å²) < 4.78 is 5.36. The molecule has 0 aliphatic heterocycles. The molecule has 1 aromatic carbocycles. The van der Waals surface area contributed by atoms with Crippen LogP contribution < -0.4 is 5.32 Å². The average Bonchev–Trinajstić information content (AvgIpc) is 3.15. The molecular weight excluding hydrogens is 292 g/mol. The van der Waals surface area contributed by atoms with E-state index in [4.69, 9.17) is 9.40 Å². The third-order valence-electron chi connectivity index (χ3n) is 3.69. The maximum Gasteiger partial charge on any atom is 0.123 e. The molecule has 4 heteroatoms. The van der Waals surface area contributed by atoms with Crippen molar-refractivity contribution in [1.29, 1.82) is 0 Å². The Hall–Kier alpha value is -1.91. The molecule has 1 N–H and O–H groups in total. The topological polar surface area (TPSA) is 38.1 Å². The molecule has 0 aliphatic rings. The zero-order valence-electron chi connectivity index (χ0n) is 13.1. The van der Waals surface area contributed by atoms with Gasteiger partial charge in [0.15, 0.2) is 0 Å². The van der Waals surface area contributed by atoms with Gasteiger partial charge in [-0.05, 0) is 32.9 Å². The van der Waals surface area contributed by atoms with Crippen molar-refractivity contribution in [2.45, 2.75) is 33.4 Å². The van der Waals surface area contributed by atoms with Gasteiger partial charge in [-0.25, -0.2) is 4.98 Å². The molecule has 0 radical (unpaired) electrons. The normalized spacial score (nSPS) is 12.5. The maximum absolute atomic E-state index is 5.36. The lowest BCUT2D eigenvalue weighted by atomic mass is 10.2. The van der Waals surface area contributed by atoms with Crippen molar-refractivity contribution in [1.82, 2.24) is 10.3 Å². The van der Waals surface area contributed by atoms with Crippen LogP contribution in [-0.2, 0) is 6.54 Å². The van der Waals surface area contributed by atoms with Crippen LogP contribution in [0.2, 0.25) is 0 Å². The van der Waals surface area contributed by atoms with E-state index in [0.717, 1.165) is 23.0 Å². The number of aryl methyl sites for hydroxylation is 2. The highest BCUT2D eigenvalue weighted by Gasteiger charge is 2.15. The molecule has 22 heavy (non-hydrogen) atoms. The van der Waals surface area contributed by atoms with Crippen LogP contribution >= 0.6 is 11.3 Å². The lowest BCUT2D eigenvalue weighted by molar-refractivity contribution is 0.462. The van der Waals surface area contributed by atoms with E-state index in [1.807, 2.05) is 12.1 Å². The SMILES string of the molecule is Cc1ccc(-c2nc(C)c(C(C)NCc3ccco3)s2)cc1. The Kier molecular flexibility index (Phi) is 4.41. The highest BCUT2D eigenvalue weighted by Crippen LogP contribution is 2.32. The molecule has 0 amide bonds. The first-order chi connectivity index (χ1) is 10.6. The Morgan fingerprint density at radius 1 is 1.18 bits per heavy atom. The standard InChI is InChI=1S/C18H20N2OS/c1-12-6-8-15(9-7-12)18-20-14(3)17(22-18)13(2)19-11-16-5-4-10-21-16/h4-10,13,19H,11H2,1-3H3. The monoisotopic (exact) mass is 312 g/mol. The number of hydrogen-bond acceptors (Lipinski definition) is 4. The second kappa shape index (κ2) is 6.46. The molecule has 2 aromatic heterocycles. The molecule has 0 aliphatic carbocycles. The Labute approximate surface area is 135 Å². The molecule has 3 nitrogen and oxygen atoms in total. The van der Waals surface area contributed by atoms with Crippen LogP contribution in [0, 0.1) is 13.8 Å². The van der Waals surface area contributed by atoms with E-state index < -0.39 is 0 Å². The van der Waals surface area contributed by atoms with Crippen LogP contribution in [0.15, 0.2) is 47.1 Å². The van der Waals surface area contributed by atoms with Crippen molar-refractivity contribution in [3.05, 3.63) is 64.6 Å². The van der Waals surface area contributed by atoms with Crippen LogP contribution in [0.4, 0.5) is 0 Å². The first kappa shape index (κ1) is 15.0. The second-order valence-corrected chi connectivity index (χ2v) is 6.55. The average molecular weight is 312 g/mol. The van der Waals surface area contributed by atoms with Crippen molar-refractivity contribution in [2.24, 2.45) is 0 Å². The van der Waals surface area contributed by atoms with E-state index in [1.165, 1.54) is 16.0 Å². The summed E-state index contributed by atoms with van der Waals surface area (Å²) in [5, 5.41) is 4.58. The minimum atomic E-state index is 0.252. The molecule has 114 valence electrons. The fourth-order valence-electron chi connectivity index (χ4n) is 2.39. The molecule has 0 spiro atoms. The van der Waals surface area contributed by atoms with E-state index in [9.17, 15) is 0 Å². The number of aromatic nitrogens is 1. The largest absolute Gasteiger partial charge is 0.468 e. The summed E-state index contributed by atoms with van der Waals surface area (Å²) >= 11 is 1.76. The summed E-state index contributed by atoms with van der Waals surface area (Å²) in [4.78, 5) is 6.01. The van der Waals surface area contributed by atoms with E-state index in [2.05, 4.69) is 50.4 Å². The summed E-state index contributed by atoms with van der Waals surface area (Å²) in [5.74, 6) is 0.952. The van der Waals surface area contributed by atoms with Crippen molar-refractivity contribution in [3.63, 3.8) is 0 Å². The van der Waals surface area contributed by atoms with Crippen LogP contribution in [0.5, 0.6) is 0 Å². The van der Waals surface area contributed by atoms with Gasteiger partial charge in [-0.1, -0.05) is 29.8 Å². The molecule has 0 fully saturated rings. The summed E-state index contributed by atoms with van der Waals surface area (Å²) in [6.45, 7) is 7.07. The molecule has 0 saturated carbocycles. The van der Waals surface area contributed by atoms with E-state index >= 15 is 0 Å². The van der Waals surface area contributed by atoms with Gasteiger partial charge in [0.25, 0.3) is 0 Å². The van der Waals surface area contributed by atoms with Gasteiger partial charge in [0.05, 0.1) is 18.5 Å². The van der Waals surface area contributed by atoms with Crippen molar-refractivity contribution in [2.75, 3.05) is 0 Å². The van der Waals surface area contributed by atoms with E-state index in [1.54, 1.807) is 17.6 Å². The number of benzene rings is 1. The molecule has 3 rings (SSSR count). The van der Waals surface area contributed by atoms with Crippen molar-refractivity contribution in [3.8, 4) is 10.6 Å². The van der Waals surface area contributed by atoms with E-state index in [-0.39, 0.29) is 6.04 Å². The Morgan fingerprint density at radius 2 is 1.95 bits per heavy atom. The zero-order chi connectivity index (χ0) is 15.5. The quantitative estimate of drug-likeness (QED) is 0.730. The number of thiazole rings is 1. The summed E-state index contributed by atoms with van der Waals surface area (Å²) in [6.07, 6.45) is 1.70. The predicted octanol–water partition coefficient (Wildman–Crippen LogP) is 4.87. The van der Waals surface area contributed by atoms with E-state index in [0.29, 0.717) is 0 Å². The number of nitrogens with one attached hydrogen (secondary N) is 1. The smallest absolute Gasteiger partial charge is 0.123 e. The number of hydrogen-bond donors (Lipinski definition) is 1. The van der Waals surface area contributed by atoms with Gasteiger partial charge in [-0.3, -0.25) is 0 Å². The van der Waals surface area contributed by atoms with Crippen LogP contribution in [0.25, 0.3) is 10.6 Å². The fraction of sp³-hybridized carbons (Fsp3) is 0.278. The van der Waals surface area contributed by atoms with Gasteiger partial charge in [0, 0.05) is 16.5 Å². The van der Waals surface area contributed by atoms with Crippen molar-refractivity contribution >= 4 is 11.3 Å². The van der Waals surface area contributed by atoms with Crippen LogP contribution in [0.1, 0.15) is 34.9 Å². The molecule has 3 aromatic rings. The number of furan rings is 1. The maximum atomic E-state index is 5.36. The van der Waals surface area contributed by atoms with Gasteiger partial charge in [-0.2, -0.15) is 0 Å². The number of rotatable bonds is 5. The van der Waals surface area contributed by atoms with Gasteiger partial charge in [0.1, 0.15) is 10.8 Å². The third-order valence-corrected chi connectivity index (χ3v) is 5.08. The molecule has 0 bridgehead atoms. The highest BCUT2D eigenvalue weighted by atomic mass is 32.1. The molecule has 0 saturated heterocycles. The van der Waals surface area contributed by atoms with Gasteiger partial charge in [-0.15, -0.1) is 11.3 Å². The van der Waals surface area contributed by atoms with Gasteiger partial charge < -0.3 is 9.73 Å². The summed E-state index contributed by atoms with van der Waals surface area (Å²) in [5.41, 5.74) is 3.55. The molecular formula is C18H20N2OS. The number of nitrogens with zero attached hydrogens (tertiary/aromatic N) is 1. The lowest BCUT2D eigenvalue weighted by Gasteiger charge is -2.11.